The van der Waals surface area contributed by atoms with Gasteiger partial charge in [0.2, 0.25) is 5.78 Å². The highest BCUT2D eigenvalue weighted by atomic mass is 19.2. The molecule has 250 valence electrons. The highest BCUT2D eigenvalue weighted by molar-refractivity contribution is 6.41. The van der Waals surface area contributed by atoms with Crippen LogP contribution in [0, 0.1) is 23.3 Å². The van der Waals surface area contributed by atoms with E-state index in [9.17, 15) is 37.1 Å². The molecule has 49 heavy (non-hydrogen) atoms. The minimum Gasteiger partial charge on any atom is -0.507 e. The van der Waals surface area contributed by atoms with Crippen molar-refractivity contribution in [1.29, 1.82) is 0 Å². The second kappa shape index (κ2) is 14.1. The topological polar surface area (TPSA) is 87.8 Å². The van der Waals surface area contributed by atoms with Gasteiger partial charge in [-0.1, -0.05) is 18.2 Å². The van der Waals surface area contributed by atoms with Crippen LogP contribution in [0.5, 0.6) is 0 Å². The van der Waals surface area contributed by atoms with E-state index in [1.165, 1.54) is 29.3 Å². The molecule has 1 fully saturated rings. The highest BCUT2D eigenvalue weighted by Gasteiger charge is 2.26. The van der Waals surface area contributed by atoms with E-state index in [1.807, 2.05) is 53.4 Å². The normalized spacial score (nSPS) is 13.5. The van der Waals surface area contributed by atoms with Gasteiger partial charge in [-0.25, -0.2) is 17.6 Å². The van der Waals surface area contributed by atoms with E-state index in [-0.39, 0.29) is 30.8 Å². The molecule has 1 aliphatic rings. The van der Waals surface area contributed by atoms with Crippen LogP contribution < -0.4 is 10.5 Å². The fourth-order valence-corrected chi connectivity index (χ4v) is 5.77. The number of carbonyl (C=O) groups excluding carboxylic acids is 2. The maximum atomic E-state index is 14.5. The second-order valence-electron chi connectivity index (χ2n) is 11.6. The number of halogens is 4. The van der Waals surface area contributed by atoms with Crippen LogP contribution in [-0.4, -0.2) is 57.0 Å². The Hall–Kier alpha value is -5.91. The van der Waals surface area contributed by atoms with E-state index in [0.29, 0.717) is 25.2 Å². The van der Waals surface area contributed by atoms with Gasteiger partial charge >= 0.3 is 0 Å². The minimum atomic E-state index is -1.43. The maximum absolute atomic E-state index is 14.5. The summed E-state index contributed by atoms with van der Waals surface area (Å²) in [7, 11) is 0. The predicted octanol–water partition coefficient (Wildman–Crippen LogP) is 5.65. The van der Waals surface area contributed by atoms with E-state index in [0.717, 1.165) is 28.1 Å². The molecule has 1 saturated heterocycles. The Morgan fingerprint density at radius 1 is 0.776 bits per heavy atom. The van der Waals surface area contributed by atoms with Crippen LogP contribution in [0.15, 0.2) is 108 Å². The Morgan fingerprint density at radius 3 is 2.12 bits per heavy atom. The monoisotopic (exact) mass is 670 g/mol. The first-order chi connectivity index (χ1) is 23.6. The lowest BCUT2D eigenvalue weighted by atomic mass is 10.0. The van der Waals surface area contributed by atoms with Crippen LogP contribution in [0.1, 0.15) is 22.3 Å². The standard InChI is InChI=1S/C37H30F4N4O4/c38-30-6-2-1-5-25(30)23-45-22-24(19-28-31(39)11-12-32(40)35(28)41)20-29(36(45)48)33(46)21-34(47)37(49)44-17-15-43(16-18-44)27-9-7-26(8-10-27)42-13-3-4-14-42/h1-14,20-22,46H,15-19,23H2. The third kappa shape index (κ3) is 7.18. The molecule has 0 radical (unpaired) electrons. The zero-order chi connectivity index (χ0) is 34.7. The van der Waals surface area contributed by atoms with Crippen molar-refractivity contribution in [2.75, 3.05) is 31.1 Å². The average molecular weight is 671 g/mol. The minimum absolute atomic E-state index is 0.0468. The molecule has 1 aliphatic heterocycles. The van der Waals surface area contributed by atoms with E-state index in [2.05, 4.69) is 4.90 Å². The van der Waals surface area contributed by atoms with Gasteiger partial charge in [-0.2, -0.15) is 0 Å². The zero-order valence-corrected chi connectivity index (χ0v) is 26.0. The first-order valence-electron chi connectivity index (χ1n) is 15.4. The molecule has 2 aromatic heterocycles. The molecule has 5 aromatic rings. The van der Waals surface area contributed by atoms with Gasteiger partial charge in [0.1, 0.15) is 17.4 Å². The Bertz CT molecular complexity index is 2100. The van der Waals surface area contributed by atoms with Crippen LogP contribution in [0.4, 0.5) is 23.2 Å². The van der Waals surface area contributed by atoms with E-state index >= 15 is 0 Å². The van der Waals surface area contributed by atoms with Gasteiger partial charge in [-0.15, -0.1) is 0 Å². The zero-order valence-electron chi connectivity index (χ0n) is 26.0. The summed E-state index contributed by atoms with van der Waals surface area (Å²) >= 11 is 0. The SMILES string of the molecule is O=C(C=C(O)c1cc(Cc2c(F)ccc(F)c2F)cn(Cc2ccccc2F)c1=O)C(=O)N1CCN(c2ccc(-n3cccc3)cc2)CC1. The van der Waals surface area contributed by atoms with Gasteiger partial charge in [0.15, 0.2) is 11.6 Å². The van der Waals surface area contributed by atoms with Gasteiger partial charge < -0.3 is 24.0 Å². The number of aromatic nitrogens is 2. The Labute approximate surface area is 278 Å². The number of anilines is 1. The van der Waals surface area contributed by atoms with Gasteiger partial charge in [-0.3, -0.25) is 14.4 Å². The smallest absolute Gasteiger partial charge is 0.294 e. The average Bonchev–Trinajstić information content (AvgIpc) is 3.66. The maximum Gasteiger partial charge on any atom is 0.294 e. The number of ketones is 1. The summed E-state index contributed by atoms with van der Waals surface area (Å²) in [6, 6.07) is 19.9. The molecular weight excluding hydrogens is 640 g/mol. The van der Waals surface area contributed by atoms with Crippen LogP contribution in [0.3, 0.4) is 0 Å². The van der Waals surface area contributed by atoms with Gasteiger partial charge in [-0.05, 0) is 66.2 Å². The molecule has 1 N–H and O–H groups in total. The number of carbonyl (C=O) groups is 2. The van der Waals surface area contributed by atoms with Crippen LogP contribution in [-0.2, 0) is 22.6 Å². The molecule has 0 atom stereocenters. The van der Waals surface area contributed by atoms with Crippen molar-refractivity contribution >= 4 is 23.1 Å². The number of amides is 1. The van der Waals surface area contributed by atoms with Crippen molar-refractivity contribution in [2.45, 2.75) is 13.0 Å². The lowest BCUT2D eigenvalue weighted by Gasteiger charge is -2.35. The summed E-state index contributed by atoms with van der Waals surface area (Å²) in [6.45, 7) is 1.03. The molecule has 0 bridgehead atoms. The quantitative estimate of drug-likeness (QED) is 0.0721. The largest absolute Gasteiger partial charge is 0.507 e. The third-order valence-electron chi connectivity index (χ3n) is 8.40. The van der Waals surface area contributed by atoms with Crippen LogP contribution >= 0.6 is 0 Å². The second-order valence-corrected chi connectivity index (χ2v) is 11.6. The predicted molar refractivity (Wildman–Crippen MR) is 176 cm³/mol. The third-order valence-corrected chi connectivity index (χ3v) is 8.40. The Kier molecular flexibility index (Phi) is 9.47. The molecule has 12 heteroatoms. The van der Waals surface area contributed by atoms with Gasteiger partial charge in [0.05, 0.1) is 12.1 Å². The fraction of sp³-hybridized carbons (Fsp3) is 0.162. The first kappa shape index (κ1) is 33.0. The number of aliphatic hydroxyl groups excluding tert-OH is 1. The molecule has 3 heterocycles. The van der Waals surface area contributed by atoms with Crippen LogP contribution in [0.25, 0.3) is 11.4 Å². The molecule has 0 aliphatic carbocycles. The number of hydrogen-bond donors (Lipinski definition) is 1. The van der Waals surface area contributed by atoms with E-state index in [4.69, 9.17) is 0 Å². The molecule has 0 spiro atoms. The van der Waals surface area contributed by atoms with E-state index < -0.39 is 63.8 Å². The van der Waals surface area contributed by atoms with Crippen molar-refractivity contribution in [3.05, 3.63) is 159 Å². The number of pyridine rings is 1. The lowest BCUT2D eigenvalue weighted by Crippen LogP contribution is -2.50. The number of aliphatic hydroxyl groups is 1. The van der Waals surface area contributed by atoms with Crippen molar-refractivity contribution in [3.8, 4) is 5.69 Å². The van der Waals surface area contributed by atoms with Gasteiger partial charge in [0, 0.05) is 79.8 Å². The molecule has 0 saturated carbocycles. The van der Waals surface area contributed by atoms with Crippen molar-refractivity contribution in [2.24, 2.45) is 0 Å². The molecule has 8 nitrogen and oxygen atoms in total. The summed E-state index contributed by atoms with van der Waals surface area (Å²) in [5.74, 6) is -7.22. The highest BCUT2D eigenvalue weighted by Crippen LogP contribution is 2.22. The van der Waals surface area contributed by atoms with Crippen LogP contribution in [0.2, 0.25) is 0 Å². The number of nitrogens with zero attached hydrogens (tertiary/aromatic N) is 4. The van der Waals surface area contributed by atoms with Gasteiger partial charge in [0.25, 0.3) is 11.5 Å². The fourth-order valence-electron chi connectivity index (χ4n) is 5.77. The summed E-state index contributed by atoms with van der Waals surface area (Å²) in [4.78, 5) is 43.0. The summed E-state index contributed by atoms with van der Waals surface area (Å²) in [6.07, 6.45) is 5.16. The molecular formula is C37H30F4N4O4. The Morgan fingerprint density at radius 2 is 1.43 bits per heavy atom. The summed E-state index contributed by atoms with van der Waals surface area (Å²) < 4.78 is 60.4. The number of hydrogen-bond acceptors (Lipinski definition) is 5. The van der Waals surface area contributed by atoms with Crippen molar-refractivity contribution in [3.63, 3.8) is 0 Å². The van der Waals surface area contributed by atoms with Crippen molar-refractivity contribution < 1.29 is 32.3 Å². The molecule has 6 rings (SSSR count). The van der Waals surface area contributed by atoms with Crippen molar-refractivity contribution in [1.82, 2.24) is 14.0 Å². The first-order valence-corrected chi connectivity index (χ1v) is 15.4. The summed E-state index contributed by atoms with van der Waals surface area (Å²) in [5, 5.41) is 11.0. The number of benzene rings is 3. The lowest BCUT2D eigenvalue weighted by molar-refractivity contribution is -0.142. The summed E-state index contributed by atoms with van der Waals surface area (Å²) in [5.41, 5.74) is 0.131. The number of rotatable bonds is 9. The molecule has 3 aromatic carbocycles. The van der Waals surface area contributed by atoms with E-state index in [1.54, 1.807) is 6.07 Å². The Balaban J connectivity index is 1.21. The molecule has 1 amide bonds. The number of piperazine rings is 1. The molecule has 0 unspecified atom stereocenters.